The maximum absolute atomic E-state index is 13.1. The van der Waals surface area contributed by atoms with Gasteiger partial charge in [-0.05, 0) is 37.8 Å². The molecule has 3 aliphatic rings. The van der Waals surface area contributed by atoms with Crippen LogP contribution in [0.5, 0.6) is 0 Å². The lowest BCUT2D eigenvalue weighted by atomic mass is 10.0. The lowest BCUT2D eigenvalue weighted by molar-refractivity contribution is -0.137. The minimum Gasteiger partial charge on any atom is -0.384 e. The summed E-state index contributed by atoms with van der Waals surface area (Å²) in [5, 5.41) is 10.3. The monoisotopic (exact) mass is 525 g/mol. The van der Waals surface area contributed by atoms with Gasteiger partial charge in [0.1, 0.15) is 12.1 Å². The number of hydrogen-bond donors (Lipinski definition) is 4. The summed E-state index contributed by atoms with van der Waals surface area (Å²) in [4.78, 5) is 85.6. The van der Waals surface area contributed by atoms with Crippen molar-refractivity contribution in [2.45, 2.75) is 76.3 Å². The second-order valence-electron chi connectivity index (χ2n) is 9.69. The molecule has 0 aromatic heterocycles. The molecular formula is C26H31N5O7. The summed E-state index contributed by atoms with van der Waals surface area (Å²) < 4.78 is 0. The number of hydrogen-bond acceptors (Lipinski definition) is 8. The van der Waals surface area contributed by atoms with E-state index in [1.165, 1.54) is 0 Å². The lowest BCUT2D eigenvalue weighted by Crippen LogP contribution is -2.54. The molecule has 0 bridgehead atoms. The van der Waals surface area contributed by atoms with Crippen molar-refractivity contribution < 1.29 is 33.6 Å². The van der Waals surface area contributed by atoms with Gasteiger partial charge >= 0.3 is 0 Å². The van der Waals surface area contributed by atoms with E-state index >= 15 is 0 Å². The van der Waals surface area contributed by atoms with Crippen molar-refractivity contribution in [1.82, 2.24) is 20.9 Å². The Bertz CT molecular complexity index is 1180. The van der Waals surface area contributed by atoms with Gasteiger partial charge in [-0.3, -0.25) is 49.1 Å². The predicted octanol–water partition coefficient (Wildman–Crippen LogP) is 0.762. The second-order valence-corrected chi connectivity index (χ2v) is 9.69. The third-order valence-electron chi connectivity index (χ3n) is 6.94. The van der Waals surface area contributed by atoms with Crippen LogP contribution in [0.1, 0.15) is 84.9 Å². The van der Waals surface area contributed by atoms with Crippen molar-refractivity contribution in [3.05, 3.63) is 29.3 Å². The van der Waals surface area contributed by atoms with E-state index in [-0.39, 0.29) is 42.2 Å². The zero-order valence-corrected chi connectivity index (χ0v) is 21.0. The fraction of sp³-hybridized carbons (Fsp3) is 0.500. The molecule has 1 aromatic carbocycles. The summed E-state index contributed by atoms with van der Waals surface area (Å²) in [5.74, 6) is -3.12. The van der Waals surface area contributed by atoms with Crippen LogP contribution < -0.4 is 21.3 Å². The Labute approximate surface area is 219 Å². The molecule has 3 heterocycles. The van der Waals surface area contributed by atoms with E-state index in [2.05, 4.69) is 21.3 Å². The molecule has 12 nitrogen and oxygen atoms in total. The number of anilines is 1. The zero-order chi connectivity index (χ0) is 27.2. The quantitative estimate of drug-likeness (QED) is 0.242. The molecule has 3 aliphatic heterocycles. The molecule has 202 valence electrons. The average molecular weight is 526 g/mol. The normalized spacial score (nSPS) is 21.2. The molecular weight excluding hydrogens is 494 g/mol. The summed E-state index contributed by atoms with van der Waals surface area (Å²) in [6.45, 7) is 0.576. The van der Waals surface area contributed by atoms with Crippen molar-refractivity contribution in [3.63, 3.8) is 0 Å². The standard InChI is InChI=1S/C26H31N5O7/c32-19(28-17-10-12-20(33)29-23(17)35)9-4-2-1-3-5-14-27-16-8-6-7-15-22(16)26(38)31(25(15)37)18-11-13-21(34)30-24(18)36/h6-8,17-18,27H,1-5,9-14H2,(H,28,32)(H,29,33,35)(H,30,34,36)/t17-,18?/m0/s1. The first-order valence-electron chi connectivity index (χ1n) is 13.0. The van der Waals surface area contributed by atoms with Gasteiger partial charge in [-0.25, -0.2) is 0 Å². The van der Waals surface area contributed by atoms with Gasteiger partial charge < -0.3 is 10.6 Å². The summed E-state index contributed by atoms with van der Waals surface area (Å²) in [6, 6.07) is 3.31. The molecule has 12 heteroatoms. The number of amides is 7. The molecule has 0 spiro atoms. The lowest BCUT2D eigenvalue weighted by Gasteiger charge is -2.27. The number of fused-ring (bicyclic) bond motifs is 1. The van der Waals surface area contributed by atoms with E-state index in [0.717, 1.165) is 30.6 Å². The Kier molecular flexibility index (Phi) is 8.49. The number of benzene rings is 1. The van der Waals surface area contributed by atoms with Crippen molar-refractivity contribution >= 4 is 47.0 Å². The zero-order valence-electron chi connectivity index (χ0n) is 21.0. The maximum atomic E-state index is 13.1. The first-order valence-corrected chi connectivity index (χ1v) is 13.0. The molecule has 0 saturated carbocycles. The largest absolute Gasteiger partial charge is 0.384 e. The van der Waals surface area contributed by atoms with Crippen molar-refractivity contribution in [2.24, 2.45) is 0 Å². The number of unbranched alkanes of at least 4 members (excludes halogenated alkanes) is 4. The van der Waals surface area contributed by atoms with E-state index < -0.39 is 41.6 Å². The van der Waals surface area contributed by atoms with Gasteiger partial charge in [0.05, 0.1) is 11.1 Å². The Hall–Kier alpha value is -4.09. The van der Waals surface area contributed by atoms with Gasteiger partial charge in [-0.1, -0.05) is 25.3 Å². The summed E-state index contributed by atoms with van der Waals surface area (Å²) in [6.07, 6.45) is 5.17. The Morgan fingerprint density at radius 2 is 1.53 bits per heavy atom. The number of nitrogens with one attached hydrogen (secondary N) is 4. The van der Waals surface area contributed by atoms with Crippen LogP contribution in [-0.4, -0.2) is 64.9 Å². The molecule has 2 fully saturated rings. The van der Waals surface area contributed by atoms with Gasteiger partial charge in [0.2, 0.25) is 29.5 Å². The maximum Gasteiger partial charge on any atom is 0.264 e. The SMILES string of the molecule is O=C1CCC(N2C(=O)c3cccc(NCCCCCCCC(=O)N[C@H]4CCC(=O)NC4=O)c3C2=O)C(=O)N1. The molecule has 1 aromatic rings. The third kappa shape index (κ3) is 6.06. The fourth-order valence-corrected chi connectivity index (χ4v) is 4.92. The predicted molar refractivity (Wildman–Crippen MR) is 134 cm³/mol. The number of nitrogens with zero attached hydrogens (tertiary/aromatic N) is 1. The summed E-state index contributed by atoms with van der Waals surface area (Å²) >= 11 is 0. The van der Waals surface area contributed by atoms with E-state index in [0.29, 0.717) is 31.5 Å². The Balaban J connectivity index is 1.17. The van der Waals surface area contributed by atoms with Crippen LogP contribution in [0.2, 0.25) is 0 Å². The van der Waals surface area contributed by atoms with E-state index in [1.54, 1.807) is 18.2 Å². The molecule has 1 unspecified atom stereocenters. The van der Waals surface area contributed by atoms with Crippen LogP contribution >= 0.6 is 0 Å². The highest BCUT2D eigenvalue weighted by molar-refractivity contribution is 6.25. The Morgan fingerprint density at radius 3 is 2.26 bits per heavy atom. The van der Waals surface area contributed by atoms with Gasteiger partial charge in [-0.15, -0.1) is 0 Å². The highest BCUT2D eigenvalue weighted by atomic mass is 16.2. The third-order valence-corrected chi connectivity index (χ3v) is 6.94. The molecule has 4 N–H and O–H groups in total. The number of carbonyl (C=O) groups excluding carboxylic acids is 7. The molecule has 38 heavy (non-hydrogen) atoms. The topological polar surface area (TPSA) is 171 Å². The first kappa shape index (κ1) is 27.0. The smallest absolute Gasteiger partial charge is 0.264 e. The Morgan fingerprint density at radius 1 is 0.842 bits per heavy atom. The van der Waals surface area contributed by atoms with Crippen molar-refractivity contribution in [1.29, 1.82) is 0 Å². The summed E-state index contributed by atoms with van der Waals surface area (Å²) in [7, 11) is 0. The van der Waals surface area contributed by atoms with Crippen LogP contribution in [0.4, 0.5) is 5.69 Å². The van der Waals surface area contributed by atoms with Crippen molar-refractivity contribution in [3.8, 4) is 0 Å². The van der Waals surface area contributed by atoms with Crippen molar-refractivity contribution in [2.75, 3.05) is 11.9 Å². The molecule has 0 aliphatic carbocycles. The number of piperidine rings is 2. The van der Waals surface area contributed by atoms with Crippen LogP contribution in [-0.2, 0) is 24.0 Å². The number of imide groups is 3. The highest BCUT2D eigenvalue weighted by Crippen LogP contribution is 2.32. The van der Waals surface area contributed by atoms with Gasteiger partial charge in [0, 0.05) is 31.5 Å². The minimum absolute atomic E-state index is 0.0689. The molecule has 4 rings (SSSR count). The number of carbonyl (C=O) groups is 7. The van der Waals surface area contributed by atoms with E-state index in [1.807, 2.05) is 0 Å². The molecule has 2 atom stereocenters. The minimum atomic E-state index is -1.00. The fourth-order valence-electron chi connectivity index (χ4n) is 4.92. The number of rotatable bonds is 11. The van der Waals surface area contributed by atoms with Gasteiger partial charge in [0.25, 0.3) is 11.8 Å². The van der Waals surface area contributed by atoms with Crippen LogP contribution in [0.3, 0.4) is 0 Å². The molecule has 7 amide bonds. The van der Waals surface area contributed by atoms with E-state index in [4.69, 9.17) is 0 Å². The summed E-state index contributed by atoms with van der Waals surface area (Å²) in [5.41, 5.74) is 1.00. The van der Waals surface area contributed by atoms with Crippen LogP contribution in [0, 0.1) is 0 Å². The van der Waals surface area contributed by atoms with Gasteiger partial charge in [0.15, 0.2) is 0 Å². The second kappa shape index (κ2) is 12.0. The highest BCUT2D eigenvalue weighted by Gasteiger charge is 2.45. The van der Waals surface area contributed by atoms with Crippen LogP contribution in [0.25, 0.3) is 0 Å². The van der Waals surface area contributed by atoms with Gasteiger partial charge in [-0.2, -0.15) is 0 Å². The average Bonchev–Trinajstić information content (AvgIpc) is 3.13. The van der Waals surface area contributed by atoms with E-state index in [9.17, 15) is 33.6 Å². The van der Waals surface area contributed by atoms with Crippen LogP contribution in [0.15, 0.2) is 18.2 Å². The molecule has 0 radical (unpaired) electrons. The first-order chi connectivity index (χ1) is 18.3. The molecule has 2 saturated heterocycles.